The van der Waals surface area contributed by atoms with Gasteiger partial charge < -0.3 is 22.8 Å². The largest absolute Gasteiger partial charge is 1.00 e. The molecular formula is C25H28F6LiO3P. The Morgan fingerprint density at radius 1 is 0.806 bits per heavy atom. The Balaban J connectivity index is 0.00000648. The van der Waals surface area contributed by atoms with Crippen molar-refractivity contribution in [2.24, 2.45) is 0 Å². The van der Waals surface area contributed by atoms with Crippen LogP contribution in [0, 0.1) is 0 Å². The minimum absolute atomic E-state index is 0. The van der Waals surface area contributed by atoms with Crippen LogP contribution in [0.15, 0.2) is 36.4 Å². The second-order valence-corrected chi connectivity index (χ2v) is 8.99. The van der Waals surface area contributed by atoms with Crippen LogP contribution in [0.25, 0.3) is 0 Å². The van der Waals surface area contributed by atoms with Crippen molar-refractivity contribution in [2.75, 3.05) is 13.2 Å². The third-order valence-electron chi connectivity index (χ3n) is 5.06. The maximum absolute atomic E-state index is 13.5. The molecule has 2 aromatic carbocycles. The fourth-order valence-corrected chi connectivity index (χ4v) is 4.25. The molecule has 0 aliphatic carbocycles. The van der Waals surface area contributed by atoms with Gasteiger partial charge in [-0.25, -0.2) is 0 Å². The predicted molar refractivity (Wildman–Crippen MR) is 124 cm³/mol. The van der Waals surface area contributed by atoms with E-state index < -0.39 is 34.6 Å². The number of hydrogen-bond acceptors (Lipinski definition) is 3. The summed E-state index contributed by atoms with van der Waals surface area (Å²) in [5, 5.41) is 0.164. The van der Waals surface area contributed by atoms with Gasteiger partial charge in [0.05, 0.1) is 30.1 Å². The summed E-state index contributed by atoms with van der Waals surface area (Å²) in [5.41, 5.74) is -5.96. The minimum Gasteiger partial charge on any atom is -0.496 e. The molecule has 0 aromatic heterocycles. The molecule has 0 fully saturated rings. The third kappa shape index (κ3) is 9.65. The van der Waals surface area contributed by atoms with Crippen LogP contribution in [0.2, 0.25) is 0 Å². The fourth-order valence-electron chi connectivity index (χ4n) is 3.29. The van der Waals surface area contributed by atoms with Gasteiger partial charge >= 0.3 is 31.2 Å². The van der Waals surface area contributed by atoms with E-state index in [2.05, 4.69) is 0 Å². The van der Waals surface area contributed by atoms with Gasteiger partial charge in [-0.05, 0) is 31.0 Å². The van der Waals surface area contributed by atoms with Crippen molar-refractivity contribution in [1.82, 2.24) is 0 Å². The van der Waals surface area contributed by atoms with Crippen LogP contribution < -0.4 is 33.6 Å². The van der Waals surface area contributed by atoms with Crippen molar-refractivity contribution in [3.63, 3.8) is 0 Å². The van der Waals surface area contributed by atoms with Crippen LogP contribution in [0.5, 0.6) is 11.5 Å². The van der Waals surface area contributed by atoms with E-state index in [4.69, 9.17) is 9.47 Å². The van der Waals surface area contributed by atoms with Crippen molar-refractivity contribution >= 4 is 19.4 Å². The zero-order valence-corrected chi connectivity index (χ0v) is 21.5. The molecule has 36 heavy (non-hydrogen) atoms. The topological polar surface area (TPSA) is 35.5 Å². The van der Waals surface area contributed by atoms with E-state index in [1.165, 1.54) is 18.2 Å². The first kappa shape index (κ1) is 32.3. The van der Waals surface area contributed by atoms with Gasteiger partial charge in [-0.1, -0.05) is 51.7 Å². The second-order valence-electron chi connectivity index (χ2n) is 7.88. The molecule has 0 aliphatic rings. The number of alkyl halides is 6. The van der Waals surface area contributed by atoms with Gasteiger partial charge in [-0.15, -0.1) is 0 Å². The zero-order chi connectivity index (χ0) is 26.1. The molecule has 0 unspecified atom stereocenters. The van der Waals surface area contributed by atoms with Crippen molar-refractivity contribution in [3.05, 3.63) is 53.1 Å². The summed E-state index contributed by atoms with van der Waals surface area (Å²) in [7, 11) is -0.367. The number of halogens is 6. The first-order valence-electron chi connectivity index (χ1n) is 11.4. The Kier molecular flexibility index (Phi) is 13.4. The summed E-state index contributed by atoms with van der Waals surface area (Å²) in [6.07, 6.45) is -4.92. The fraction of sp³-hybridized carbons (Fsp3) is 0.480. The van der Waals surface area contributed by atoms with Gasteiger partial charge in [0.25, 0.3) is 0 Å². The molecule has 0 spiro atoms. The summed E-state index contributed by atoms with van der Waals surface area (Å²) in [5.74, 6) is 0.645. The first-order chi connectivity index (χ1) is 16.5. The Bertz CT molecular complexity index is 947. The maximum atomic E-state index is 13.5. The van der Waals surface area contributed by atoms with Crippen molar-refractivity contribution < 1.29 is 59.5 Å². The Morgan fingerprint density at radius 3 is 1.83 bits per heavy atom. The number of rotatable bonds is 13. The summed E-state index contributed by atoms with van der Waals surface area (Å²) in [6, 6.07) is 6.09. The van der Waals surface area contributed by atoms with Gasteiger partial charge in [-0.2, -0.15) is 31.6 Å². The summed E-state index contributed by atoms with van der Waals surface area (Å²) < 4.78 is 92.4. The van der Waals surface area contributed by atoms with Crippen molar-refractivity contribution in [1.29, 1.82) is 0 Å². The molecule has 2 rings (SSSR count). The quantitative estimate of drug-likeness (QED) is 0.154. The van der Waals surface area contributed by atoms with E-state index in [1.807, 2.05) is 13.8 Å². The van der Waals surface area contributed by atoms with Crippen LogP contribution in [-0.2, 0) is 12.4 Å². The summed E-state index contributed by atoms with van der Waals surface area (Å²) in [6.45, 7) is 4.79. The maximum Gasteiger partial charge on any atom is 1.00 e. The smallest absolute Gasteiger partial charge is 0.496 e. The number of unbranched alkanes of at least 4 members (excludes halogenated alkanes) is 4. The van der Waals surface area contributed by atoms with E-state index in [0.29, 0.717) is 37.0 Å². The summed E-state index contributed by atoms with van der Waals surface area (Å²) >= 11 is 0. The van der Waals surface area contributed by atoms with Crippen molar-refractivity contribution in [2.45, 2.75) is 64.7 Å². The first-order valence-corrected chi connectivity index (χ1v) is 12.3. The van der Waals surface area contributed by atoms with Gasteiger partial charge in [-0.3, -0.25) is 0 Å². The van der Waals surface area contributed by atoms with Crippen LogP contribution in [-0.4, -0.2) is 18.7 Å². The minimum atomic E-state index is -5.13. The molecule has 0 amide bonds. The van der Waals surface area contributed by atoms with E-state index in [0.717, 1.165) is 32.1 Å². The molecule has 0 bridgehead atoms. The van der Waals surface area contributed by atoms with E-state index in [1.54, 1.807) is 0 Å². The normalized spacial score (nSPS) is 12.0. The van der Waals surface area contributed by atoms with Crippen LogP contribution in [0.4, 0.5) is 26.3 Å². The molecule has 0 N–H and O–H groups in total. The predicted octanol–water partition coefficient (Wildman–Crippen LogP) is 5.28. The van der Waals surface area contributed by atoms with Crippen molar-refractivity contribution in [3.8, 4) is 11.5 Å². The number of benzene rings is 2. The molecule has 194 valence electrons. The Morgan fingerprint density at radius 2 is 1.33 bits per heavy atom. The molecule has 0 saturated heterocycles. The molecule has 11 heteroatoms. The monoisotopic (exact) mass is 528 g/mol. The average Bonchev–Trinajstić information content (AvgIpc) is 2.79. The Labute approximate surface area is 221 Å². The molecule has 0 radical (unpaired) electrons. The van der Waals surface area contributed by atoms with Gasteiger partial charge in [0.1, 0.15) is 5.75 Å². The molecular weight excluding hydrogens is 500 g/mol. The molecule has 0 atom stereocenters. The average molecular weight is 528 g/mol. The van der Waals surface area contributed by atoms with E-state index in [9.17, 15) is 31.1 Å². The van der Waals surface area contributed by atoms with Crippen LogP contribution in [0.3, 0.4) is 0 Å². The van der Waals surface area contributed by atoms with Crippen LogP contribution in [0.1, 0.15) is 73.9 Å². The van der Waals surface area contributed by atoms with Gasteiger partial charge in [0.15, 0.2) is 0 Å². The van der Waals surface area contributed by atoms with Gasteiger partial charge in [0.2, 0.25) is 0 Å². The number of ether oxygens (including phenoxy) is 2. The van der Waals surface area contributed by atoms with E-state index in [-0.39, 0.29) is 45.1 Å². The number of carbonyl (C=O) groups is 1. The molecule has 0 saturated carbocycles. The second kappa shape index (κ2) is 14.9. The molecule has 3 nitrogen and oxygen atoms in total. The third-order valence-corrected chi connectivity index (χ3v) is 6.10. The molecule has 0 heterocycles. The Hall–Kier alpha value is -1.68. The molecule has 0 aliphatic heterocycles. The number of carbonyl (C=O) groups excluding carboxylic acids is 1. The van der Waals surface area contributed by atoms with E-state index >= 15 is 0 Å². The van der Waals surface area contributed by atoms with Gasteiger partial charge in [0, 0.05) is 17.2 Å². The number of hydrogen-bond donors (Lipinski definition) is 0. The summed E-state index contributed by atoms with van der Waals surface area (Å²) in [4.78, 5) is 12.9. The standard InChI is InChI=1S/C25H28F6O3P.Li/c1-3-5-7-14-33-17-12-13-21(20(16-17)34-15-8-6-4-2)35-23(32)22-18(24(26,27)28)10-9-11-19(22)25(29,30)31;/h9-13,16H,3-8,14-15H2,1-2H3;/q-1;+1. The molecule has 2 aromatic rings. The SMILES string of the molecule is CCCCCOc1ccc([P-]C(=O)c2c(C(F)(F)F)cccc2C(F)(F)F)c(OCCCCC)c1.[Li+]. The van der Waals surface area contributed by atoms with Crippen LogP contribution >= 0.6 is 8.58 Å². The zero-order valence-electron chi connectivity index (χ0n) is 20.6.